The van der Waals surface area contributed by atoms with E-state index in [1.807, 2.05) is 0 Å². The fraction of sp³-hybridized carbons (Fsp3) is 0.944. The van der Waals surface area contributed by atoms with Crippen LogP contribution in [0.3, 0.4) is 0 Å². The summed E-state index contributed by atoms with van der Waals surface area (Å²) in [6.07, 6.45) is 30.3. The molecule has 0 unspecified atom stereocenters. The van der Waals surface area contributed by atoms with Gasteiger partial charge in [-0.05, 0) is 58.2 Å². The van der Waals surface area contributed by atoms with E-state index in [1.165, 1.54) is 129 Å². The molecule has 0 fully saturated rings. The van der Waals surface area contributed by atoms with Crippen molar-refractivity contribution in [3.63, 3.8) is 0 Å². The lowest BCUT2D eigenvalue weighted by Gasteiger charge is -2.20. The first-order valence-corrected chi connectivity index (χ1v) is 18.2. The molecule has 0 radical (unpaired) electrons. The number of hydrogen-bond donors (Lipinski definition) is 0. The molecule has 0 aliphatic rings. The van der Waals surface area contributed by atoms with Crippen LogP contribution >= 0.6 is 0 Å². The summed E-state index contributed by atoms with van der Waals surface area (Å²) in [5, 5.41) is 0. The van der Waals surface area contributed by atoms with Crippen molar-refractivity contribution in [2.75, 3.05) is 32.8 Å². The minimum Gasteiger partial charge on any atom is -0.466 e. The van der Waals surface area contributed by atoms with Crippen molar-refractivity contribution in [1.82, 2.24) is 4.90 Å². The van der Waals surface area contributed by atoms with Crippen LogP contribution in [0, 0.1) is 0 Å². The monoisotopic (exact) mass is 582 g/mol. The maximum atomic E-state index is 11.9. The number of esters is 2. The van der Waals surface area contributed by atoms with Gasteiger partial charge in [0.05, 0.1) is 13.2 Å². The van der Waals surface area contributed by atoms with E-state index in [4.69, 9.17) is 9.47 Å². The minimum absolute atomic E-state index is 0.00752. The van der Waals surface area contributed by atoms with Crippen molar-refractivity contribution >= 4 is 11.9 Å². The second-order valence-electron chi connectivity index (χ2n) is 12.2. The molecule has 0 aromatic heterocycles. The van der Waals surface area contributed by atoms with Crippen LogP contribution in [-0.2, 0) is 19.1 Å². The van der Waals surface area contributed by atoms with Crippen molar-refractivity contribution in [2.24, 2.45) is 0 Å². The van der Waals surface area contributed by atoms with Gasteiger partial charge in [0, 0.05) is 12.8 Å². The van der Waals surface area contributed by atoms with Crippen molar-refractivity contribution in [3.8, 4) is 0 Å². The zero-order chi connectivity index (χ0) is 30.1. The highest BCUT2D eigenvalue weighted by Crippen LogP contribution is 2.12. The van der Waals surface area contributed by atoms with Gasteiger partial charge in [0.1, 0.15) is 0 Å². The number of ether oxygens (including phenoxy) is 2. The van der Waals surface area contributed by atoms with Gasteiger partial charge in [-0.1, -0.05) is 136 Å². The standard InChI is InChI=1S/C36H71NO4/c1-4-7-9-11-13-21-27-33-40-35(38)29-23-17-15-19-25-31-37(6-3)32-26-20-16-18-24-30-36(39)41-34-28-22-14-12-10-8-5-2/h4-34H2,1-3H3. The molecule has 5 heteroatoms. The van der Waals surface area contributed by atoms with Crippen LogP contribution in [0.4, 0.5) is 0 Å². The van der Waals surface area contributed by atoms with Crippen molar-refractivity contribution < 1.29 is 19.1 Å². The van der Waals surface area contributed by atoms with Crippen LogP contribution in [0.2, 0.25) is 0 Å². The summed E-state index contributed by atoms with van der Waals surface area (Å²) < 4.78 is 10.8. The molecule has 0 spiro atoms. The Hall–Kier alpha value is -1.10. The number of nitrogens with zero attached hydrogens (tertiary/aromatic N) is 1. The summed E-state index contributed by atoms with van der Waals surface area (Å²) in [5.74, 6) is -0.0150. The summed E-state index contributed by atoms with van der Waals surface area (Å²) in [5.41, 5.74) is 0. The summed E-state index contributed by atoms with van der Waals surface area (Å²) >= 11 is 0. The lowest BCUT2D eigenvalue weighted by molar-refractivity contribution is -0.144. The maximum absolute atomic E-state index is 11.9. The van der Waals surface area contributed by atoms with E-state index in [2.05, 4.69) is 25.7 Å². The van der Waals surface area contributed by atoms with Gasteiger partial charge in [-0.25, -0.2) is 0 Å². The highest BCUT2D eigenvalue weighted by molar-refractivity contribution is 5.69. The first-order valence-electron chi connectivity index (χ1n) is 18.2. The zero-order valence-corrected chi connectivity index (χ0v) is 28.0. The molecule has 0 aromatic rings. The average Bonchev–Trinajstić information content (AvgIpc) is 2.97. The molecule has 41 heavy (non-hydrogen) atoms. The predicted octanol–water partition coefficient (Wildman–Crippen LogP) is 10.6. The summed E-state index contributed by atoms with van der Waals surface area (Å²) in [6, 6.07) is 0. The molecule has 0 atom stereocenters. The Balaban J connectivity index is 3.44. The van der Waals surface area contributed by atoms with E-state index in [9.17, 15) is 9.59 Å². The van der Waals surface area contributed by atoms with Crippen molar-refractivity contribution in [1.29, 1.82) is 0 Å². The van der Waals surface area contributed by atoms with Gasteiger partial charge in [-0.3, -0.25) is 9.59 Å². The zero-order valence-electron chi connectivity index (χ0n) is 28.0. The smallest absolute Gasteiger partial charge is 0.305 e. The fourth-order valence-electron chi connectivity index (χ4n) is 5.33. The Labute approximate surface area is 256 Å². The normalized spacial score (nSPS) is 11.3. The highest BCUT2D eigenvalue weighted by atomic mass is 16.5. The fourth-order valence-corrected chi connectivity index (χ4v) is 5.33. The van der Waals surface area contributed by atoms with E-state index in [0.717, 1.165) is 45.1 Å². The maximum Gasteiger partial charge on any atom is 0.305 e. The van der Waals surface area contributed by atoms with Crippen LogP contribution < -0.4 is 0 Å². The largest absolute Gasteiger partial charge is 0.466 e. The van der Waals surface area contributed by atoms with E-state index < -0.39 is 0 Å². The number of unbranched alkanes of at least 4 members (excludes halogenated alkanes) is 20. The average molecular weight is 582 g/mol. The molecule has 0 aliphatic carbocycles. The van der Waals surface area contributed by atoms with Gasteiger partial charge >= 0.3 is 11.9 Å². The molecule has 0 amide bonds. The number of rotatable bonds is 33. The van der Waals surface area contributed by atoms with Gasteiger partial charge in [-0.15, -0.1) is 0 Å². The molecule has 0 heterocycles. The van der Waals surface area contributed by atoms with Gasteiger partial charge in [0.15, 0.2) is 0 Å². The van der Waals surface area contributed by atoms with Gasteiger partial charge in [0.2, 0.25) is 0 Å². The molecule has 0 rings (SSSR count). The van der Waals surface area contributed by atoms with Crippen LogP contribution in [-0.4, -0.2) is 49.7 Å². The third-order valence-electron chi connectivity index (χ3n) is 8.18. The molecule has 0 saturated heterocycles. The molecule has 0 saturated carbocycles. The van der Waals surface area contributed by atoms with Crippen molar-refractivity contribution in [3.05, 3.63) is 0 Å². The van der Waals surface area contributed by atoms with E-state index in [1.54, 1.807) is 0 Å². The Kier molecular flexibility index (Phi) is 32.5. The quantitative estimate of drug-likeness (QED) is 0.0570. The van der Waals surface area contributed by atoms with E-state index >= 15 is 0 Å². The molecule has 0 N–H and O–H groups in total. The van der Waals surface area contributed by atoms with Crippen LogP contribution in [0.5, 0.6) is 0 Å². The lowest BCUT2D eigenvalue weighted by atomic mass is 10.1. The Bertz CT molecular complexity index is 508. The molecule has 5 nitrogen and oxygen atoms in total. The molecule has 0 bridgehead atoms. The van der Waals surface area contributed by atoms with Gasteiger partial charge < -0.3 is 14.4 Å². The number of carbonyl (C=O) groups is 2. The Morgan fingerprint density at radius 2 is 0.732 bits per heavy atom. The first-order chi connectivity index (χ1) is 20.1. The van der Waals surface area contributed by atoms with E-state index in [0.29, 0.717) is 26.1 Å². The topological polar surface area (TPSA) is 55.8 Å². The van der Waals surface area contributed by atoms with E-state index in [-0.39, 0.29) is 11.9 Å². The number of hydrogen-bond acceptors (Lipinski definition) is 5. The van der Waals surface area contributed by atoms with Crippen LogP contribution in [0.15, 0.2) is 0 Å². The third-order valence-corrected chi connectivity index (χ3v) is 8.18. The second-order valence-corrected chi connectivity index (χ2v) is 12.2. The van der Waals surface area contributed by atoms with Gasteiger partial charge in [0.25, 0.3) is 0 Å². The van der Waals surface area contributed by atoms with Crippen molar-refractivity contribution in [2.45, 2.75) is 188 Å². The van der Waals surface area contributed by atoms with Crippen LogP contribution in [0.1, 0.15) is 188 Å². The predicted molar refractivity (Wildman–Crippen MR) is 175 cm³/mol. The summed E-state index contributed by atoms with van der Waals surface area (Å²) in [7, 11) is 0. The summed E-state index contributed by atoms with van der Waals surface area (Å²) in [6.45, 7) is 11.4. The van der Waals surface area contributed by atoms with Gasteiger partial charge in [-0.2, -0.15) is 0 Å². The third kappa shape index (κ3) is 31.7. The SMILES string of the molecule is CCCCCCCCCOC(=O)CCCCCCCN(CC)CCCCCCCC(=O)OCCCCCCCCC. The Morgan fingerprint density at radius 3 is 1.10 bits per heavy atom. The molecule has 244 valence electrons. The number of carbonyl (C=O) groups excluding carboxylic acids is 2. The highest BCUT2D eigenvalue weighted by Gasteiger charge is 2.06. The molecule has 0 aliphatic heterocycles. The summed E-state index contributed by atoms with van der Waals surface area (Å²) in [4.78, 5) is 26.3. The second kappa shape index (κ2) is 33.4. The minimum atomic E-state index is -0.00752. The Morgan fingerprint density at radius 1 is 0.415 bits per heavy atom. The first kappa shape index (κ1) is 39.9. The molecular weight excluding hydrogens is 510 g/mol. The van der Waals surface area contributed by atoms with Crippen LogP contribution in [0.25, 0.3) is 0 Å². The lowest BCUT2D eigenvalue weighted by Crippen LogP contribution is -2.25. The molecule has 0 aromatic carbocycles. The molecular formula is C36H71NO4.